The maximum Gasteiger partial charge on any atom is 0.269 e. The summed E-state index contributed by atoms with van der Waals surface area (Å²) in [6.07, 6.45) is 0. The van der Waals surface area contributed by atoms with Crippen LogP contribution in [-0.4, -0.2) is 23.8 Å². The fraction of sp³-hybridized carbons (Fsp3) is 0.188. The van der Waals surface area contributed by atoms with Gasteiger partial charge in [-0.1, -0.05) is 0 Å². The van der Waals surface area contributed by atoms with Gasteiger partial charge in [0.25, 0.3) is 5.69 Å². The standard InChI is InChI=1S/C16H15N3O4/c1-11(12-2-7-15-16(10-12)23-9-8-22-15)17-18-13-3-5-14(6-4-13)19(20)21/h2-7,10,18H,8-9H2,1H3/b17-11+. The highest BCUT2D eigenvalue weighted by Crippen LogP contribution is 2.30. The van der Waals surface area contributed by atoms with Gasteiger partial charge in [0, 0.05) is 17.7 Å². The van der Waals surface area contributed by atoms with Gasteiger partial charge < -0.3 is 9.47 Å². The number of fused-ring (bicyclic) bond motifs is 1. The van der Waals surface area contributed by atoms with E-state index in [1.54, 1.807) is 12.1 Å². The topological polar surface area (TPSA) is 86.0 Å². The minimum absolute atomic E-state index is 0.0445. The van der Waals surface area contributed by atoms with E-state index >= 15 is 0 Å². The largest absolute Gasteiger partial charge is 0.486 e. The van der Waals surface area contributed by atoms with E-state index in [9.17, 15) is 10.1 Å². The summed E-state index contributed by atoms with van der Waals surface area (Å²) in [7, 11) is 0. The first-order valence-electron chi connectivity index (χ1n) is 7.08. The van der Waals surface area contributed by atoms with Crippen LogP contribution in [0.4, 0.5) is 11.4 Å². The first kappa shape index (κ1) is 14.8. The zero-order chi connectivity index (χ0) is 16.2. The predicted octanol–water partition coefficient (Wildman–Crippen LogP) is 3.20. The van der Waals surface area contributed by atoms with Crippen LogP contribution in [0, 0.1) is 10.1 Å². The number of nitro groups is 1. The van der Waals surface area contributed by atoms with Crippen molar-refractivity contribution in [3.8, 4) is 11.5 Å². The summed E-state index contributed by atoms with van der Waals surface area (Å²) in [4.78, 5) is 10.2. The second kappa shape index (κ2) is 6.35. The van der Waals surface area contributed by atoms with Crippen LogP contribution in [0.5, 0.6) is 11.5 Å². The van der Waals surface area contributed by atoms with Crippen molar-refractivity contribution in [1.82, 2.24) is 0 Å². The Labute approximate surface area is 132 Å². The van der Waals surface area contributed by atoms with Gasteiger partial charge >= 0.3 is 0 Å². The Morgan fingerprint density at radius 2 is 1.83 bits per heavy atom. The number of hydrazone groups is 1. The molecule has 0 fully saturated rings. The second-order valence-corrected chi connectivity index (χ2v) is 4.97. The minimum atomic E-state index is -0.437. The van der Waals surface area contributed by atoms with Crippen LogP contribution >= 0.6 is 0 Å². The number of hydrogen-bond acceptors (Lipinski definition) is 6. The molecule has 1 heterocycles. The van der Waals surface area contributed by atoms with Gasteiger partial charge in [-0.3, -0.25) is 15.5 Å². The van der Waals surface area contributed by atoms with E-state index in [0.29, 0.717) is 24.7 Å². The predicted molar refractivity (Wildman–Crippen MR) is 86.4 cm³/mol. The lowest BCUT2D eigenvalue weighted by atomic mass is 10.1. The van der Waals surface area contributed by atoms with Crippen LogP contribution in [-0.2, 0) is 0 Å². The molecule has 2 aromatic rings. The summed E-state index contributed by atoms with van der Waals surface area (Å²) >= 11 is 0. The lowest BCUT2D eigenvalue weighted by Crippen LogP contribution is -2.15. The number of benzene rings is 2. The highest BCUT2D eigenvalue weighted by atomic mass is 16.6. The molecular formula is C16H15N3O4. The van der Waals surface area contributed by atoms with Gasteiger partial charge in [-0.2, -0.15) is 5.10 Å². The van der Waals surface area contributed by atoms with Crippen molar-refractivity contribution in [3.63, 3.8) is 0 Å². The van der Waals surface area contributed by atoms with E-state index in [1.807, 2.05) is 25.1 Å². The van der Waals surface area contributed by atoms with Gasteiger partial charge in [-0.25, -0.2) is 0 Å². The molecule has 0 unspecified atom stereocenters. The van der Waals surface area contributed by atoms with Gasteiger partial charge in [0.1, 0.15) is 13.2 Å². The number of non-ortho nitro benzene ring substituents is 1. The van der Waals surface area contributed by atoms with E-state index < -0.39 is 4.92 Å². The molecule has 0 atom stereocenters. The van der Waals surface area contributed by atoms with Crippen molar-refractivity contribution in [2.24, 2.45) is 5.10 Å². The molecule has 0 amide bonds. The monoisotopic (exact) mass is 313 g/mol. The quantitative estimate of drug-likeness (QED) is 0.532. The third kappa shape index (κ3) is 3.39. The average Bonchev–Trinajstić information content (AvgIpc) is 2.59. The molecule has 23 heavy (non-hydrogen) atoms. The number of rotatable bonds is 4. The Morgan fingerprint density at radius 3 is 2.52 bits per heavy atom. The number of anilines is 1. The molecule has 0 saturated carbocycles. The van der Waals surface area contributed by atoms with Crippen LogP contribution in [0.2, 0.25) is 0 Å². The Morgan fingerprint density at radius 1 is 1.13 bits per heavy atom. The Kier molecular flexibility index (Phi) is 4.09. The maximum atomic E-state index is 10.6. The summed E-state index contributed by atoms with van der Waals surface area (Å²) < 4.78 is 11.0. The van der Waals surface area contributed by atoms with E-state index in [-0.39, 0.29) is 5.69 Å². The van der Waals surface area contributed by atoms with E-state index in [2.05, 4.69) is 10.5 Å². The number of nitrogens with zero attached hydrogens (tertiary/aromatic N) is 2. The van der Waals surface area contributed by atoms with Crippen molar-refractivity contribution in [2.75, 3.05) is 18.6 Å². The molecule has 7 heteroatoms. The van der Waals surface area contributed by atoms with Crippen LogP contribution < -0.4 is 14.9 Å². The van der Waals surface area contributed by atoms with E-state index in [4.69, 9.17) is 9.47 Å². The van der Waals surface area contributed by atoms with Crippen molar-refractivity contribution in [1.29, 1.82) is 0 Å². The van der Waals surface area contributed by atoms with Crippen LogP contribution in [0.15, 0.2) is 47.6 Å². The maximum absolute atomic E-state index is 10.6. The molecule has 7 nitrogen and oxygen atoms in total. The van der Waals surface area contributed by atoms with Crippen LogP contribution in [0.1, 0.15) is 12.5 Å². The van der Waals surface area contributed by atoms with Crippen molar-refractivity contribution >= 4 is 17.1 Å². The molecule has 2 aromatic carbocycles. The second-order valence-electron chi connectivity index (χ2n) is 4.97. The van der Waals surface area contributed by atoms with Gasteiger partial charge in [0.05, 0.1) is 16.3 Å². The lowest BCUT2D eigenvalue weighted by molar-refractivity contribution is -0.384. The molecule has 0 saturated heterocycles. The van der Waals surface area contributed by atoms with Gasteiger partial charge in [-0.05, 0) is 37.3 Å². The molecule has 0 aliphatic carbocycles. The molecule has 1 aliphatic rings. The molecule has 1 N–H and O–H groups in total. The zero-order valence-corrected chi connectivity index (χ0v) is 12.5. The normalized spacial score (nSPS) is 13.5. The molecule has 0 bridgehead atoms. The molecule has 3 rings (SSSR count). The average molecular weight is 313 g/mol. The molecule has 0 aromatic heterocycles. The first-order chi connectivity index (χ1) is 11.1. The Bertz CT molecular complexity index is 756. The number of hydrogen-bond donors (Lipinski definition) is 1. The highest BCUT2D eigenvalue weighted by molar-refractivity contribution is 5.99. The van der Waals surface area contributed by atoms with Crippen molar-refractivity contribution in [3.05, 3.63) is 58.1 Å². The zero-order valence-electron chi connectivity index (χ0n) is 12.5. The van der Waals surface area contributed by atoms with Crippen LogP contribution in [0.3, 0.4) is 0 Å². The number of nitro benzene ring substituents is 1. The first-order valence-corrected chi connectivity index (χ1v) is 7.08. The van der Waals surface area contributed by atoms with Gasteiger partial charge in [-0.15, -0.1) is 0 Å². The van der Waals surface area contributed by atoms with Crippen LogP contribution in [0.25, 0.3) is 0 Å². The lowest BCUT2D eigenvalue weighted by Gasteiger charge is -2.18. The molecular weight excluding hydrogens is 298 g/mol. The Balaban J connectivity index is 1.73. The molecule has 1 aliphatic heterocycles. The highest BCUT2D eigenvalue weighted by Gasteiger charge is 2.12. The van der Waals surface area contributed by atoms with E-state index in [0.717, 1.165) is 17.0 Å². The fourth-order valence-electron chi connectivity index (χ4n) is 2.14. The summed E-state index contributed by atoms with van der Waals surface area (Å²) in [6, 6.07) is 11.7. The molecule has 0 radical (unpaired) electrons. The number of nitrogens with one attached hydrogen (secondary N) is 1. The smallest absolute Gasteiger partial charge is 0.269 e. The van der Waals surface area contributed by atoms with Crippen molar-refractivity contribution < 1.29 is 14.4 Å². The van der Waals surface area contributed by atoms with Gasteiger partial charge in [0.2, 0.25) is 0 Å². The summed E-state index contributed by atoms with van der Waals surface area (Å²) in [5.41, 5.74) is 5.27. The van der Waals surface area contributed by atoms with Gasteiger partial charge in [0.15, 0.2) is 11.5 Å². The molecule has 0 spiro atoms. The number of ether oxygens (including phenoxy) is 2. The van der Waals surface area contributed by atoms with E-state index in [1.165, 1.54) is 12.1 Å². The third-order valence-electron chi connectivity index (χ3n) is 3.39. The summed E-state index contributed by atoms with van der Waals surface area (Å²) in [5, 5.41) is 14.9. The fourth-order valence-corrected chi connectivity index (χ4v) is 2.14. The minimum Gasteiger partial charge on any atom is -0.486 e. The SMILES string of the molecule is C/C(=N\Nc1ccc([N+](=O)[O-])cc1)c1ccc2c(c1)OCCO2. The summed E-state index contributed by atoms with van der Waals surface area (Å²) in [5.74, 6) is 1.44. The molecule has 118 valence electrons. The third-order valence-corrected chi connectivity index (χ3v) is 3.39. The Hall–Kier alpha value is -3.09. The van der Waals surface area contributed by atoms with Crippen molar-refractivity contribution in [2.45, 2.75) is 6.92 Å². The summed E-state index contributed by atoms with van der Waals surface area (Å²) in [6.45, 7) is 2.96.